The van der Waals surface area contributed by atoms with Gasteiger partial charge in [-0.3, -0.25) is 4.79 Å². The van der Waals surface area contributed by atoms with Gasteiger partial charge < -0.3 is 4.90 Å². The Morgan fingerprint density at radius 3 is 1.88 bits per heavy atom. The van der Waals surface area contributed by atoms with Gasteiger partial charge in [-0.2, -0.15) is 0 Å². The highest BCUT2D eigenvalue weighted by molar-refractivity contribution is 5.99. The minimum Gasteiger partial charge on any atom is -0.366 e. The van der Waals surface area contributed by atoms with Crippen LogP contribution in [0, 0.1) is 5.92 Å². The van der Waals surface area contributed by atoms with Crippen LogP contribution < -0.4 is 0 Å². The van der Waals surface area contributed by atoms with Crippen molar-refractivity contribution in [2.75, 3.05) is 6.54 Å². The van der Waals surface area contributed by atoms with Crippen molar-refractivity contribution in [1.82, 2.24) is 4.90 Å². The van der Waals surface area contributed by atoms with Crippen molar-refractivity contribution < 1.29 is 4.79 Å². The number of nitrogens with zero attached hydrogens (tertiary/aromatic N) is 1. The van der Waals surface area contributed by atoms with Gasteiger partial charge in [0.15, 0.2) is 5.78 Å². The van der Waals surface area contributed by atoms with Crippen molar-refractivity contribution in [3.63, 3.8) is 0 Å². The van der Waals surface area contributed by atoms with E-state index in [0.717, 1.165) is 12.1 Å². The van der Waals surface area contributed by atoms with Crippen LogP contribution in [-0.4, -0.2) is 17.2 Å². The summed E-state index contributed by atoms with van der Waals surface area (Å²) in [6.07, 6.45) is 0. The molecule has 2 nitrogen and oxygen atoms in total. The van der Waals surface area contributed by atoms with Crippen LogP contribution in [0.1, 0.15) is 39.9 Å². The van der Waals surface area contributed by atoms with Gasteiger partial charge >= 0.3 is 0 Å². The maximum absolute atomic E-state index is 13.9. The van der Waals surface area contributed by atoms with E-state index in [4.69, 9.17) is 0 Å². The van der Waals surface area contributed by atoms with E-state index in [0.29, 0.717) is 6.54 Å². The zero-order valence-corrected chi connectivity index (χ0v) is 19.5. The van der Waals surface area contributed by atoms with Crippen LogP contribution in [0.3, 0.4) is 0 Å². The molecule has 0 aliphatic carbocycles. The maximum atomic E-state index is 13.9. The van der Waals surface area contributed by atoms with Crippen LogP contribution in [0.15, 0.2) is 127 Å². The van der Waals surface area contributed by atoms with Crippen molar-refractivity contribution in [3.8, 4) is 0 Å². The minimum absolute atomic E-state index is 0.0242. The molecular weight excluding hydrogens is 414 g/mol. The Kier molecular flexibility index (Phi) is 6.40. The summed E-state index contributed by atoms with van der Waals surface area (Å²) >= 11 is 0. The Balaban J connectivity index is 1.66. The molecule has 5 rings (SSSR count). The molecule has 0 saturated heterocycles. The zero-order chi connectivity index (χ0) is 23.3. The smallest absolute Gasteiger partial charge is 0.168 e. The molecule has 1 heterocycles. The number of carbonyl (C=O) groups excluding carboxylic acids is 1. The molecule has 0 amide bonds. The van der Waals surface area contributed by atoms with Gasteiger partial charge in [0.1, 0.15) is 0 Å². The monoisotopic (exact) mass is 443 g/mol. The van der Waals surface area contributed by atoms with Gasteiger partial charge in [0.25, 0.3) is 0 Å². The second-order valence-corrected chi connectivity index (χ2v) is 8.99. The van der Waals surface area contributed by atoms with Crippen molar-refractivity contribution in [2.45, 2.75) is 19.4 Å². The van der Waals surface area contributed by atoms with Gasteiger partial charge in [-0.15, -0.1) is 0 Å². The number of carbonyl (C=O) groups is 1. The third kappa shape index (κ3) is 4.45. The van der Waals surface area contributed by atoms with E-state index >= 15 is 0 Å². The molecule has 2 heteroatoms. The van der Waals surface area contributed by atoms with E-state index in [1.165, 1.54) is 28.0 Å². The molecule has 1 aliphatic rings. The van der Waals surface area contributed by atoms with Crippen LogP contribution in [0.25, 0.3) is 5.70 Å². The topological polar surface area (TPSA) is 20.3 Å². The first-order valence-corrected chi connectivity index (χ1v) is 11.9. The number of benzene rings is 4. The number of hydrogen-bond donors (Lipinski definition) is 0. The molecule has 0 fully saturated rings. The number of rotatable bonds is 6. The predicted octanol–water partition coefficient (Wildman–Crippen LogP) is 7.22. The molecule has 168 valence electrons. The van der Waals surface area contributed by atoms with Gasteiger partial charge in [0.2, 0.25) is 0 Å². The lowest BCUT2D eigenvalue weighted by Gasteiger charge is -2.42. The molecule has 0 N–H and O–H groups in total. The van der Waals surface area contributed by atoms with Gasteiger partial charge in [-0.05, 0) is 29.2 Å². The van der Waals surface area contributed by atoms with Crippen LogP contribution in [-0.2, 0) is 6.54 Å². The first-order valence-electron chi connectivity index (χ1n) is 11.9. The highest BCUT2D eigenvalue weighted by Gasteiger charge is 2.39. The average Bonchev–Trinajstić information content (AvgIpc) is 2.90. The van der Waals surface area contributed by atoms with Crippen LogP contribution in [0.4, 0.5) is 0 Å². The molecule has 1 aliphatic heterocycles. The fourth-order valence-corrected chi connectivity index (χ4v) is 5.28. The number of allylic oxidation sites excluding steroid dienone is 1. The van der Waals surface area contributed by atoms with E-state index in [2.05, 4.69) is 90.7 Å². The molecule has 34 heavy (non-hydrogen) atoms. The van der Waals surface area contributed by atoms with E-state index < -0.39 is 0 Å². The summed E-state index contributed by atoms with van der Waals surface area (Å²) in [7, 11) is 0. The highest BCUT2D eigenvalue weighted by Crippen LogP contribution is 2.44. The summed E-state index contributed by atoms with van der Waals surface area (Å²) in [5.41, 5.74) is 6.89. The second kappa shape index (κ2) is 9.93. The van der Waals surface area contributed by atoms with Crippen LogP contribution in [0.2, 0.25) is 0 Å². The summed E-state index contributed by atoms with van der Waals surface area (Å²) in [6, 6.07) is 41.4. The first-order chi connectivity index (χ1) is 16.7. The lowest BCUT2D eigenvalue weighted by Crippen LogP contribution is -2.41. The van der Waals surface area contributed by atoms with E-state index in [1.54, 1.807) is 0 Å². The van der Waals surface area contributed by atoms with E-state index in [9.17, 15) is 4.79 Å². The lowest BCUT2D eigenvalue weighted by atomic mass is 9.73. The largest absolute Gasteiger partial charge is 0.366 e. The third-order valence-corrected chi connectivity index (χ3v) is 6.79. The molecule has 0 radical (unpaired) electrons. The first kappa shape index (κ1) is 21.9. The molecule has 0 spiro atoms. The Hall–Kier alpha value is -3.91. The molecule has 2 atom stereocenters. The number of Topliss-reactive ketones (excluding diaryl/α,β-unsaturated/α-hetero) is 1. The van der Waals surface area contributed by atoms with E-state index in [1.807, 2.05) is 42.5 Å². The Morgan fingerprint density at radius 1 is 0.735 bits per heavy atom. The third-order valence-electron chi connectivity index (χ3n) is 6.79. The molecule has 0 saturated carbocycles. The van der Waals surface area contributed by atoms with E-state index in [-0.39, 0.29) is 17.6 Å². The van der Waals surface area contributed by atoms with Gasteiger partial charge in [-0.1, -0.05) is 121 Å². The minimum atomic E-state index is -0.166. The highest BCUT2D eigenvalue weighted by atomic mass is 16.1. The van der Waals surface area contributed by atoms with Crippen LogP contribution in [0.5, 0.6) is 0 Å². The SMILES string of the molecule is CC1=C(c2ccccc2)N(Cc2ccccc2)C[C@@H](C(=O)c2ccccc2)[C@@H]1c1ccccc1. The molecule has 4 aromatic carbocycles. The average molecular weight is 444 g/mol. The summed E-state index contributed by atoms with van der Waals surface area (Å²) in [5.74, 6) is 0.0658. The van der Waals surface area contributed by atoms with Gasteiger partial charge in [0.05, 0.1) is 5.92 Å². The molecular formula is C32H29NO. The zero-order valence-electron chi connectivity index (χ0n) is 19.5. The molecule has 0 bridgehead atoms. The molecule has 4 aromatic rings. The molecule has 0 aromatic heterocycles. The Morgan fingerprint density at radius 2 is 1.26 bits per heavy atom. The summed E-state index contributed by atoms with van der Waals surface area (Å²) in [6.45, 7) is 3.65. The van der Waals surface area contributed by atoms with Gasteiger partial charge in [0, 0.05) is 30.3 Å². The van der Waals surface area contributed by atoms with Crippen molar-refractivity contribution >= 4 is 11.5 Å². The summed E-state index contributed by atoms with van der Waals surface area (Å²) in [5, 5.41) is 0. The Bertz CT molecular complexity index is 1260. The maximum Gasteiger partial charge on any atom is 0.168 e. The lowest BCUT2D eigenvalue weighted by molar-refractivity contribution is 0.0872. The predicted molar refractivity (Wildman–Crippen MR) is 139 cm³/mol. The standard InChI is InChI=1S/C32H29NO/c1-24-30(26-16-8-3-9-17-26)29(32(34)28-20-12-5-13-21-28)23-33(22-25-14-6-2-7-15-25)31(24)27-18-10-4-11-19-27/h2-21,29-30H,22-23H2,1H3/t29-,30+/m1/s1. The normalized spacial score (nSPS) is 18.1. The fourth-order valence-electron chi connectivity index (χ4n) is 5.28. The molecule has 0 unspecified atom stereocenters. The number of hydrogen-bond acceptors (Lipinski definition) is 2. The van der Waals surface area contributed by atoms with Crippen molar-refractivity contribution in [1.29, 1.82) is 0 Å². The quantitative estimate of drug-likeness (QED) is 0.293. The summed E-state index contributed by atoms with van der Waals surface area (Å²) < 4.78 is 0. The van der Waals surface area contributed by atoms with Crippen molar-refractivity contribution in [3.05, 3.63) is 149 Å². The fraction of sp³-hybridized carbons (Fsp3) is 0.156. The number of ketones is 1. The second-order valence-electron chi connectivity index (χ2n) is 8.99. The summed E-state index contributed by atoms with van der Waals surface area (Å²) in [4.78, 5) is 16.3. The van der Waals surface area contributed by atoms with Crippen molar-refractivity contribution in [2.24, 2.45) is 5.92 Å². The Labute approximate surface area is 202 Å². The van der Waals surface area contributed by atoms with Crippen LogP contribution >= 0.6 is 0 Å². The van der Waals surface area contributed by atoms with Gasteiger partial charge in [-0.25, -0.2) is 0 Å².